The molecule has 11 nitrogen and oxygen atoms in total. The number of nitrogens with zero attached hydrogens (tertiary/aromatic N) is 2. The van der Waals surface area contributed by atoms with Crippen molar-refractivity contribution < 1.29 is 14.3 Å². The standard InChI is InChI=1S/C33H33ClN6O5/c1-17-20(6-5-9-24(17)37-30(42)23-16-40(2)33(44)39-31(23)43)21-7-4-8-22(29(21)34)26-14-18-10-12-25(28(18)32(38-26)45-3)35-15-19-11-13-27(41)36-19/h4-9,14,16,19,25,35H,10-13,15H2,1-3H3,(H,36,41)(H,37,42)(H,39,43,44). The zero-order chi connectivity index (χ0) is 31.8. The summed E-state index contributed by atoms with van der Waals surface area (Å²) in [6, 6.07) is 13.5. The molecule has 0 saturated carbocycles. The van der Waals surface area contributed by atoms with Crippen LogP contribution >= 0.6 is 11.6 Å². The van der Waals surface area contributed by atoms with E-state index in [4.69, 9.17) is 21.3 Å². The quantitative estimate of drug-likeness (QED) is 0.232. The summed E-state index contributed by atoms with van der Waals surface area (Å²) in [6.07, 6.45) is 4.36. The maximum Gasteiger partial charge on any atom is 0.328 e. The Labute approximate surface area is 264 Å². The summed E-state index contributed by atoms with van der Waals surface area (Å²) >= 11 is 7.07. The van der Waals surface area contributed by atoms with Crippen LogP contribution in [-0.4, -0.2) is 46.0 Å². The summed E-state index contributed by atoms with van der Waals surface area (Å²) in [5.74, 6) is 0.00657. The second-order valence-corrected chi connectivity index (χ2v) is 11.8. The van der Waals surface area contributed by atoms with Crippen molar-refractivity contribution in [3.63, 3.8) is 0 Å². The van der Waals surface area contributed by atoms with Crippen LogP contribution in [-0.2, 0) is 18.3 Å². The summed E-state index contributed by atoms with van der Waals surface area (Å²) in [4.78, 5) is 55.6. The van der Waals surface area contributed by atoms with E-state index in [0.29, 0.717) is 35.2 Å². The van der Waals surface area contributed by atoms with Gasteiger partial charge in [0.05, 0.1) is 17.8 Å². The number of aryl methyl sites for hydroxylation is 2. The molecule has 1 aliphatic heterocycles. The highest BCUT2D eigenvalue weighted by atomic mass is 35.5. The minimum absolute atomic E-state index is 0.0766. The Morgan fingerprint density at radius 1 is 1.09 bits per heavy atom. The minimum Gasteiger partial charge on any atom is -0.481 e. The van der Waals surface area contributed by atoms with Crippen molar-refractivity contribution in [3.05, 3.63) is 96.8 Å². The summed E-state index contributed by atoms with van der Waals surface area (Å²) in [7, 11) is 3.07. The maximum absolute atomic E-state index is 13.0. The van der Waals surface area contributed by atoms with Gasteiger partial charge in [0.2, 0.25) is 11.8 Å². The molecule has 0 spiro atoms. The monoisotopic (exact) mass is 628 g/mol. The van der Waals surface area contributed by atoms with Crippen molar-refractivity contribution in [1.82, 2.24) is 25.2 Å². The van der Waals surface area contributed by atoms with Crippen molar-refractivity contribution in [2.24, 2.45) is 7.05 Å². The average molecular weight is 629 g/mol. The lowest BCUT2D eigenvalue weighted by Gasteiger charge is -2.20. The van der Waals surface area contributed by atoms with E-state index in [0.717, 1.165) is 57.2 Å². The van der Waals surface area contributed by atoms with Gasteiger partial charge >= 0.3 is 5.69 Å². The number of benzene rings is 2. The van der Waals surface area contributed by atoms with Crippen LogP contribution in [0.1, 0.15) is 52.4 Å². The first-order valence-corrected chi connectivity index (χ1v) is 15.1. The lowest BCUT2D eigenvalue weighted by Crippen LogP contribution is -2.36. The maximum atomic E-state index is 13.0. The molecule has 6 rings (SSSR count). The van der Waals surface area contributed by atoms with Gasteiger partial charge in [-0.15, -0.1) is 0 Å². The van der Waals surface area contributed by atoms with E-state index in [1.807, 2.05) is 31.2 Å². The van der Waals surface area contributed by atoms with Gasteiger partial charge in [-0.3, -0.25) is 19.4 Å². The third-order valence-corrected chi connectivity index (χ3v) is 8.96. The zero-order valence-corrected chi connectivity index (χ0v) is 25.9. The Morgan fingerprint density at radius 2 is 1.84 bits per heavy atom. The first-order chi connectivity index (χ1) is 21.6. The van der Waals surface area contributed by atoms with Crippen LogP contribution in [0.5, 0.6) is 5.88 Å². The van der Waals surface area contributed by atoms with E-state index in [2.05, 4.69) is 27.0 Å². The fraction of sp³-hybridized carbons (Fsp3) is 0.303. The number of anilines is 1. The van der Waals surface area contributed by atoms with E-state index in [9.17, 15) is 19.2 Å². The number of carbonyl (C=O) groups excluding carboxylic acids is 2. The number of aromatic nitrogens is 3. The molecule has 2 amide bonds. The number of pyridine rings is 1. The second-order valence-electron chi connectivity index (χ2n) is 11.4. The number of aromatic amines is 1. The summed E-state index contributed by atoms with van der Waals surface area (Å²) in [6.45, 7) is 2.55. The Balaban J connectivity index is 1.29. The molecule has 4 N–H and O–H groups in total. The molecule has 4 aromatic rings. The fourth-order valence-corrected chi connectivity index (χ4v) is 6.46. The lowest BCUT2D eigenvalue weighted by atomic mass is 9.96. The van der Waals surface area contributed by atoms with Crippen LogP contribution in [0.4, 0.5) is 5.69 Å². The van der Waals surface area contributed by atoms with Crippen molar-refractivity contribution in [3.8, 4) is 28.3 Å². The van der Waals surface area contributed by atoms with Crippen molar-refractivity contribution in [2.75, 3.05) is 19.0 Å². The van der Waals surface area contributed by atoms with Crippen molar-refractivity contribution >= 4 is 29.1 Å². The normalized spacial score (nSPS) is 17.2. The fourth-order valence-electron chi connectivity index (χ4n) is 6.13. The number of halogens is 1. The Kier molecular flexibility index (Phi) is 8.30. The van der Waals surface area contributed by atoms with E-state index < -0.39 is 17.2 Å². The Bertz CT molecular complexity index is 1950. The highest BCUT2D eigenvalue weighted by Gasteiger charge is 2.30. The molecule has 1 aliphatic carbocycles. The molecule has 2 aliphatic rings. The molecule has 45 heavy (non-hydrogen) atoms. The molecule has 2 aromatic heterocycles. The third kappa shape index (κ3) is 5.88. The highest BCUT2D eigenvalue weighted by Crippen LogP contribution is 2.43. The summed E-state index contributed by atoms with van der Waals surface area (Å²) in [5.41, 5.74) is 4.86. The van der Waals surface area contributed by atoms with Gasteiger partial charge in [0.15, 0.2) is 0 Å². The second kappa shape index (κ2) is 12.3. The molecular weight excluding hydrogens is 596 g/mol. The molecule has 2 atom stereocenters. The van der Waals surface area contributed by atoms with Gasteiger partial charge in [-0.2, -0.15) is 0 Å². The van der Waals surface area contributed by atoms with Crippen LogP contribution in [0.15, 0.2) is 58.3 Å². The van der Waals surface area contributed by atoms with Crippen LogP contribution in [0.25, 0.3) is 22.4 Å². The van der Waals surface area contributed by atoms with Crippen molar-refractivity contribution in [1.29, 1.82) is 0 Å². The van der Waals surface area contributed by atoms with Gasteiger partial charge in [-0.05, 0) is 55.0 Å². The SMILES string of the molecule is COc1nc(-c2cccc(-c3cccc(NC(=O)c4cn(C)c(=O)[nH]c4=O)c3C)c2Cl)cc2c1C(NCC1CCC(=O)N1)CC2. The first kappa shape index (κ1) is 30.3. The summed E-state index contributed by atoms with van der Waals surface area (Å²) < 4.78 is 6.92. The molecule has 2 aromatic carbocycles. The van der Waals surface area contributed by atoms with E-state index >= 15 is 0 Å². The predicted molar refractivity (Wildman–Crippen MR) is 172 cm³/mol. The number of ether oxygens (including phenoxy) is 1. The van der Waals surface area contributed by atoms with Crippen LogP contribution < -0.4 is 31.9 Å². The van der Waals surface area contributed by atoms with Crippen molar-refractivity contribution in [2.45, 2.75) is 44.7 Å². The lowest BCUT2D eigenvalue weighted by molar-refractivity contribution is -0.119. The summed E-state index contributed by atoms with van der Waals surface area (Å²) in [5, 5.41) is 9.90. The van der Waals surface area contributed by atoms with Gasteiger partial charge in [-0.25, -0.2) is 9.78 Å². The molecule has 0 bridgehead atoms. The number of nitrogens with one attached hydrogen (secondary N) is 4. The number of carbonyl (C=O) groups is 2. The molecule has 232 valence electrons. The van der Waals surface area contributed by atoms with Gasteiger partial charge in [-0.1, -0.05) is 41.9 Å². The largest absolute Gasteiger partial charge is 0.481 e. The number of fused-ring (bicyclic) bond motifs is 1. The number of methoxy groups -OCH3 is 1. The van der Waals surface area contributed by atoms with E-state index in [1.165, 1.54) is 13.2 Å². The third-order valence-electron chi connectivity index (χ3n) is 8.55. The Morgan fingerprint density at radius 3 is 2.60 bits per heavy atom. The van der Waals surface area contributed by atoms with Gasteiger partial charge in [0.1, 0.15) is 5.56 Å². The number of hydrogen-bond acceptors (Lipinski definition) is 7. The molecule has 1 fully saturated rings. The number of amides is 2. The number of hydrogen-bond donors (Lipinski definition) is 4. The smallest absolute Gasteiger partial charge is 0.328 e. The van der Waals surface area contributed by atoms with Crippen LogP contribution in [0, 0.1) is 6.92 Å². The van der Waals surface area contributed by atoms with E-state index in [1.54, 1.807) is 19.2 Å². The molecular formula is C33H33ClN6O5. The first-order valence-electron chi connectivity index (χ1n) is 14.7. The van der Waals surface area contributed by atoms with Gasteiger partial charge in [0.25, 0.3) is 11.5 Å². The van der Waals surface area contributed by atoms with Crippen LogP contribution in [0.2, 0.25) is 5.02 Å². The Hall–Kier alpha value is -4.74. The molecule has 0 radical (unpaired) electrons. The average Bonchev–Trinajstić information content (AvgIpc) is 3.64. The van der Waals surface area contributed by atoms with Gasteiger partial charge in [0, 0.05) is 60.7 Å². The van der Waals surface area contributed by atoms with Gasteiger partial charge < -0.3 is 25.3 Å². The highest BCUT2D eigenvalue weighted by molar-refractivity contribution is 6.36. The minimum atomic E-state index is -0.762. The van der Waals surface area contributed by atoms with Crippen LogP contribution in [0.3, 0.4) is 0 Å². The van der Waals surface area contributed by atoms with E-state index in [-0.39, 0.29) is 23.6 Å². The topological polar surface area (TPSA) is 147 Å². The predicted octanol–water partition coefficient (Wildman–Crippen LogP) is 3.88. The molecule has 2 unspecified atom stereocenters. The molecule has 1 saturated heterocycles. The molecule has 12 heteroatoms. The number of rotatable bonds is 8. The zero-order valence-electron chi connectivity index (χ0n) is 25.1. The molecule has 3 heterocycles. The number of H-pyrrole nitrogens is 1.